The van der Waals surface area contributed by atoms with Gasteiger partial charge < -0.3 is 10.4 Å². The average Bonchev–Trinajstić information content (AvgIpc) is 2.31. The summed E-state index contributed by atoms with van der Waals surface area (Å²) in [6.07, 6.45) is 5.24. The topological polar surface area (TPSA) is 32.3 Å². The lowest BCUT2D eigenvalue weighted by atomic mass is 9.87. The van der Waals surface area contributed by atoms with Crippen LogP contribution in [0.4, 0.5) is 0 Å². The number of rotatable bonds is 3. The fourth-order valence-electron chi connectivity index (χ4n) is 2.54. The summed E-state index contributed by atoms with van der Waals surface area (Å²) in [6, 6.07) is 6.03. The summed E-state index contributed by atoms with van der Waals surface area (Å²) in [7, 11) is 0. The summed E-state index contributed by atoms with van der Waals surface area (Å²) in [5.74, 6) is 0.992. The zero-order valence-corrected chi connectivity index (χ0v) is 11.0. The van der Waals surface area contributed by atoms with Crippen LogP contribution in [0.15, 0.2) is 18.2 Å². The second-order valence-corrected chi connectivity index (χ2v) is 5.54. The van der Waals surface area contributed by atoms with E-state index in [2.05, 4.69) is 12.2 Å². The van der Waals surface area contributed by atoms with E-state index >= 15 is 0 Å². The van der Waals surface area contributed by atoms with E-state index in [-0.39, 0.29) is 5.75 Å². The van der Waals surface area contributed by atoms with Gasteiger partial charge >= 0.3 is 0 Å². The van der Waals surface area contributed by atoms with Gasteiger partial charge in [0.1, 0.15) is 5.75 Å². The molecule has 0 bridgehead atoms. The van der Waals surface area contributed by atoms with Gasteiger partial charge in [-0.2, -0.15) is 0 Å². The number of hydrogen-bond acceptors (Lipinski definition) is 2. The van der Waals surface area contributed by atoms with Gasteiger partial charge in [-0.3, -0.25) is 0 Å². The van der Waals surface area contributed by atoms with Crippen molar-refractivity contribution in [3.8, 4) is 5.75 Å². The lowest BCUT2D eigenvalue weighted by molar-refractivity contribution is 0.300. The Balaban J connectivity index is 1.86. The first-order valence-electron chi connectivity index (χ1n) is 6.36. The highest BCUT2D eigenvalue weighted by Gasteiger charge is 2.18. The zero-order valence-electron chi connectivity index (χ0n) is 10.2. The average molecular weight is 254 g/mol. The Hall–Kier alpha value is -0.730. The van der Waals surface area contributed by atoms with Crippen molar-refractivity contribution in [3.63, 3.8) is 0 Å². The fourth-order valence-corrected chi connectivity index (χ4v) is 2.75. The van der Waals surface area contributed by atoms with Crippen LogP contribution >= 0.6 is 11.6 Å². The first kappa shape index (κ1) is 12.7. The number of halogens is 1. The molecule has 0 heterocycles. The molecule has 1 aromatic carbocycles. The second kappa shape index (κ2) is 5.74. The van der Waals surface area contributed by atoms with Crippen LogP contribution in [0.5, 0.6) is 5.75 Å². The first-order chi connectivity index (χ1) is 8.15. The maximum absolute atomic E-state index is 9.34. The summed E-state index contributed by atoms with van der Waals surface area (Å²) in [5.41, 5.74) is 1.13. The molecule has 2 nitrogen and oxygen atoms in total. The predicted molar refractivity (Wildman–Crippen MR) is 71.4 cm³/mol. The Morgan fingerprint density at radius 2 is 2.24 bits per heavy atom. The van der Waals surface area contributed by atoms with Crippen LogP contribution in [0.25, 0.3) is 0 Å². The highest BCUT2D eigenvalue weighted by Crippen LogP contribution is 2.25. The molecule has 3 heteroatoms. The van der Waals surface area contributed by atoms with Gasteiger partial charge in [-0.05, 0) is 36.5 Å². The van der Waals surface area contributed by atoms with E-state index in [1.807, 2.05) is 12.1 Å². The van der Waals surface area contributed by atoms with Crippen LogP contribution in [0.3, 0.4) is 0 Å². The van der Waals surface area contributed by atoms with E-state index < -0.39 is 0 Å². The van der Waals surface area contributed by atoms with E-state index in [9.17, 15) is 5.11 Å². The third-order valence-electron chi connectivity index (χ3n) is 3.54. The molecule has 17 heavy (non-hydrogen) atoms. The number of phenols is 1. The van der Waals surface area contributed by atoms with Crippen molar-refractivity contribution in [1.82, 2.24) is 5.32 Å². The smallest absolute Gasteiger partial charge is 0.134 e. The number of nitrogens with one attached hydrogen (secondary N) is 1. The summed E-state index contributed by atoms with van der Waals surface area (Å²) < 4.78 is 0. The van der Waals surface area contributed by atoms with Crippen LogP contribution in [0, 0.1) is 5.92 Å². The van der Waals surface area contributed by atoms with E-state index in [1.54, 1.807) is 6.07 Å². The Morgan fingerprint density at radius 1 is 1.41 bits per heavy atom. The van der Waals surface area contributed by atoms with Crippen LogP contribution in [-0.2, 0) is 6.54 Å². The minimum absolute atomic E-state index is 0.154. The molecule has 1 aromatic rings. The maximum Gasteiger partial charge on any atom is 0.134 e. The predicted octanol–water partition coefficient (Wildman–Crippen LogP) is 3.71. The van der Waals surface area contributed by atoms with Crippen molar-refractivity contribution in [2.45, 2.75) is 45.2 Å². The summed E-state index contributed by atoms with van der Waals surface area (Å²) in [4.78, 5) is 0. The van der Waals surface area contributed by atoms with Crippen LogP contribution in [-0.4, -0.2) is 11.1 Å². The second-order valence-electron chi connectivity index (χ2n) is 5.14. The molecule has 0 aromatic heterocycles. The molecule has 1 aliphatic carbocycles. The zero-order chi connectivity index (χ0) is 12.3. The number of hydrogen-bond donors (Lipinski definition) is 2. The highest BCUT2D eigenvalue weighted by molar-refractivity contribution is 6.32. The minimum Gasteiger partial charge on any atom is -0.506 e. The summed E-state index contributed by atoms with van der Waals surface area (Å²) in [5, 5.41) is 13.3. The molecular formula is C14H20ClNO. The molecule has 0 radical (unpaired) electrons. The van der Waals surface area contributed by atoms with Gasteiger partial charge in [0.25, 0.3) is 0 Å². The normalized spacial score (nSPS) is 24.8. The Bertz CT molecular complexity index is 380. The minimum atomic E-state index is 0.154. The number of phenolic OH excluding ortho intramolecular Hbond substituents is 1. The molecule has 0 saturated heterocycles. The molecule has 2 rings (SSSR count). The van der Waals surface area contributed by atoms with Crippen molar-refractivity contribution in [2.24, 2.45) is 5.92 Å². The van der Waals surface area contributed by atoms with Gasteiger partial charge in [0.2, 0.25) is 0 Å². The molecule has 94 valence electrons. The van der Waals surface area contributed by atoms with E-state index in [4.69, 9.17) is 11.6 Å². The van der Waals surface area contributed by atoms with Gasteiger partial charge in [-0.1, -0.05) is 37.4 Å². The van der Waals surface area contributed by atoms with E-state index in [0.717, 1.165) is 18.0 Å². The molecule has 1 saturated carbocycles. The van der Waals surface area contributed by atoms with Crippen molar-refractivity contribution in [2.75, 3.05) is 0 Å². The maximum atomic E-state index is 9.34. The van der Waals surface area contributed by atoms with Gasteiger partial charge in [-0.25, -0.2) is 0 Å². The van der Waals surface area contributed by atoms with Gasteiger partial charge in [0, 0.05) is 12.6 Å². The molecule has 0 amide bonds. The highest BCUT2D eigenvalue weighted by atomic mass is 35.5. The van der Waals surface area contributed by atoms with Gasteiger partial charge in [-0.15, -0.1) is 0 Å². The van der Waals surface area contributed by atoms with Gasteiger partial charge in [0.15, 0.2) is 0 Å². The lowest BCUT2D eigenvalue weighted by Gasteiger charge is -2.27. The first-order valence-corrected chi connectivity index (χ1v) is 6.73. The molecule has 2 N–H and O–H groups in total. The molecule has 1 fully saturated rings. The van der Waals surface area contributed by atoms with Crippen LogP contribution in [0.1, 0.15) is 38.2 Å². The molecular weight excluding hydrogens is 234 g/mol. The van der Waals surface area contributed by atoms with Crippen molar-refractivity contribution in [1.29, 1.82) is 0 Å². The van der Waals surface area contributed by atoms with E-state index in [0.29, 0.717) is 11.1 Å². The van der Waals surface area contributed by atoms with Crippen molar-refractivity contribution < 1.29 is 5.11 Å². The van der Waals surface area contributed by atoms with Crippen LogP contribution < -0.4 is 5.32 Å². The SMILES string of the molecule is CC1CCCC(NCc2ccc(O)c(Cl)c2)C1. The number of benzene rings is 1. The Morgan fingerprint density at radius 3 is 2.94 bits per heavy atom. The van der Waals surface area contributed by atoms with Crippen molar-refractivity contribution in [3.05, 3.63) is 28.8 Å². The molecule has 2 unspecified atom stereocenters. The fraction of sp³-hybridized carbons (Fsp3) is 0.571. The number of aromatic hydroxyl groups is 1. The van der Waals surface area contributed by atoms with E-state index in [1.165, 1.54) is 25.7 Å². The Labute approximate surface area is 108 Å². The summed E-state index contributed by atoms with van der Waals surface area (Å²) in [6.45, 7) is 3.16. The quantitative estimate of drug-likeness (QED) is 0.861. The van der Waals surface area contributed by atoms with Crippen molar-refractivity contribution >= 4 is 11.6 Å². The van der Waals surface area contributed by atoms with Crippen LogP contribution in [0.2, 0.25) is 5.02 Å². The standard InChI is InChI=1S/C14H20ClNO/c1-10-3-2-4-12(7-10)16-9-11-5-6-14(17)13(15)8-11/h5-6,8,10,12,16-17H,2-4,7,9H2,1H3. The molecule has 0 aliphatic heterocycles. The Kier molecular flexibility index (Phi) is 4.30. The third kappa shape index (κ3) is 3.62. The molecule has 2 atom stereocenters. The lowest BCUT2D eigenvalue weighted by Crippen LogP contribution is -2.33. The third-order valence-corrected chi connectivity index (χ3v) is 3.85. The summed E-state index contributed by atoms with van der Waals surface area (Å²) >= 11 is 5.88. The largest absolute Gasteiger partial charge is 0.506 e. The molecule has 0 spiro atoms. The monoisotopic (exact) mass is 253 g/mol. The molecule has 1 aliphatic rings. The van der Waals surface area contributed by atoms with Gasteiger partial charge in [0.05, 0.1) is 5.02 Å².